The third-order valence-electron chi connectivity index (χ3n) is 2.49. The first kappa shape index (κ1) is 16.5. The highest BCUT2D eigenvalue weighted by Crippen LogP contribution is 2.22. The Hall–Kier alpha value is -1.55. The zero-order valence-corrected chi connectivity index (χ0v) is 11.4. The van der Waals surface area contributed by atoms with E-state index >= 15 is 0 Å². The van der Waals surface area contributed by atoms with Gasteiger partial charge in [-0.15, -0.1) is 0 Å². The molecule has 1 rings (SSSR count). The molecule has 0 amide bonds. The van der Waals surface area contributed by atoms with Gasteiger partial charge >= 0.3 is 6.18 Å². The van der Waals surface area contributed by atoms with Crippen molar-refractivity contribution in [2.24, 2.45) is 0 Å². The van der Waals surface area contributed by atoms with Gasteiger partial charge in [0.2, 0.25) is 10.0 Å². The van der Waals surface area contributed by atoms with Gasteiger partial charge < -0.3 is 9.30 Å². The quantitative estimate of drug-likeness (QED) is 0.805. The number of carbonyl (C=O) groups excluding carboxylic acids is 1. The third-order valence-corrected chi connectivity index (χ3v) is 4.02. The fraction of sp³-hybridized carbons (Fsp3) is 0.500. The lowest BCUT2D eigenvalue weighted by Crippen LogP contribution is -2.42. The number of hydrogen-bond donors (Lipinski definition) is 1. The van der Waals surface area contributed by atoms with Gasteiger partial charge in [-0.2, -0.15) is 17.9 Å². The van der Waals surface area contributed by atoms with E-state index in [-0.39, 0.29) is 11.4 Å². The molecule has 0 spiro atoms. The van der Waals surface area contributed by atoms with Crippen molar-refractivity contribution in [2.45, 2.75) is 37.2 Å². The van der Waals surface area contributed by atoms with Crippen molar-refractivity contribution in [3.05, 3.63) is 18.5 Å². The Morgan fingerprint density at radius 3 is 2.50 bits per heavy atom. The average Bonchev–Trinajstić information content (AvgIpc) is 2.77. The number of hydrogen-bond acceptors (Lipinski definition) is 4. The second-order valence-electron chi connectivity index (χ2n) is 4.01. The van der Waals surface area contributed by atoms with E-state index in [1.807, 2.05) is 0 Å². The van der Waals surface area contributed by atoms with Crippen molar-refractivity contribution < 1.29 is 31.1 Å². The van der Waals surface area contributed by atoms with Crippen molar-refractivity contribution in [1.82, 2.24) is 9.29 Å². The first-order valence-electron chi connectivity index (χ1n) is 5.43. The minimum Gasteiger partial charge on any atom is -0.444 e. The SMILES string of the molecule is CC(OC=O)n1ccc(S(=O)(=O)N[C@H](C)C(F)(F)F)c1. The van der Waals surface area contributed by atoms with Gasteiger partial charge in [0.05, 0.1) is 4.90 Å². The molecule has 1 N–H and O–H groups in total. The Labute approximate surface area is 113 Å². The summed E-state index contributed by atoms with van der Waals surface area (Å²) in [5, 5.41) is 0. The Bertz CT molecular complexity index is 567. The maximum atomic E-state index is 12.3. The topological polar surface area (TPSA) is 77.4 Å². The Kier molecular flexibility index (Phi) is 4.81. The molecule has 0 saturated carbocycles. The second kappa shape index (κ2) is 5.83. The van der Waals surface area contributed by atoms with Gasteiger partial charge in [-0.05, 0) is 19.9 Å². The standard InChI is InChI=1S/C10H13F3N2O4S/c1-7(10(11,12)13)14-20(17,18)9-3-4-15(5-9)8(2)19-6-16/h3-8,14H,1-2H3/t7-,8?/m1/s1. The Morgan fingerprint density at radius 2 is 2.00 bits per heavy atom. The lowest BCUT2D eigenvalue weighted by molar-refractivity contribution is -0.147. The van der Waals surface area contributed by atoms with Crippen molar-refractivity contribution in [3.8, 4) is 0 Å². The molecule has 1 aromatic heterocycles. The molecular weight excluding hydrogens is 301 g/mol. The molecule has 0 aliphatic carbocycles. The van der Waals surface area contributed by atoms with Gasteiger partial charge in [-0.25, -0.2) is 8.42 Å². The number of rotatable bonds is 6. The van der Waals surface area contributed by atoms with Gasteiger partial charge in [0, 0.05) is 12.4 Å². The van der Waals surface area contributed by atoms with Crippen LogP contribution in [0.2, 0.25) is 0 Å². The zero-order chi connectivity index (χ0) is 15.6. The largest absolute Gasteiger partial charge is 0.444 e. The average molecular weight is 314 g/mol. The summed E-state index contributed by atoms with van der Waals surface area (Å²) in [6.07, 6.45) is -3.10. The fourth-order valence-electron chi connectivity index (χ4n) is 1.30. The summed E-state index contributed by atoms with van der Waals surface area (Å²) in [7, 11) is -4.31. The predicted octanol–water partition coefficient (Wildman–Crippen LogP) is 1.41. The highest BCUT2D eigenvalue weighted by atomic mass is 32.2. The smallest absolute Gasteiger partial charge is 0.404 e. The van der Waals surface area contributed by atoms with Crippen LogP contribution in [0.4, 0.5) is 13.2 Å². The number of ether oxygens (including phenoxy) is 1. The lowest BCUT2D eigenvalue weighted by Gasteiger charge is -2.16. The highest BCUT2D eigenvalue weighted by molar-refractivity contribution is 7.89. The first-order chi connectivity index (χ1) is 9.08. The van der Waals surface area contributed by atoms with Crippen LogP contribution in [0.15, 0.2) is 23.4 Å². The van der Waals surface area contributed by atoms with E-state index in [4.69, 9.17) is 0 Å². The molecule has 1 aromatic rings. The van der Waals surface area contributed by atoms with Crippen LogP contribution >= 0.6 is 0 Å². The molecule has 0 radical (unpaired) electrons. The van der Waals surface area contributed by atoms with Crippen LogP contribution in [0.5, 0.6) is 0 Å². The van der Waals surface area contributed by atoms with Crippen LogP contribution in [0, 0.1) is 0 Å². The van der Waals surface area contributed by atoms with E-state index in [2.05, 4.69) is 4.74 Å². The number of carbonyl (C=O) groups is 1. The number of halogens is 3. The van der Waals surface area contributed by atoms with E-state index in [0.29, 0.717) is 6.92 Å². The Balaban J connectivity index is 2.91. The van der Waals surface area contributed by atoms with Crippen molar-refractivity contribution in [3.63, 3.8) is 0 Å². The number of alkyl halides is 3. The number of nitrogens with zero attached hydrogens (tertiary/aromatic N) is 1. The molecule has 0 aliphatic rings. The summed E-state index contributed by atoms with van der Waals surface area (Å²) in [4.78, 5) is 9.81. The summed E-state index contributed by atoms with van der Waals surface area (Å²) in [5.74, 6) is 0. The van der Waals surface area contributed by atoms with Crippen LogP contribution in [0.3, 0.4) is 0 Å². The maximum Gasteiger partial charge on any atom is 0.404 e. The fourth-order valence-corrected chi connectivity index (χ4v) is 2.53. The molecule has 20 heavy (non-hydrogen) atoms. The molecule has 0 aliphatic heterocycles. The first-order valence-corrected chi connectivity index (χ1v) is 6.92. The van der Waals surface area contributed by atoms with Crippen molar-refractivity contribution >= 4 is 16.5 Å². The van der Waals surface area contributed by atoms with Gasteiger partial charge in [-0.1, -0.05) is 0 Å². The van der Waals surface area contributed by atoms with Crippen LogP contribution < -0.4 is 4.72 Å². The molecule has 114 valence electrons. The molecule has 0 fully saturated rings. The molecular formula is C10H13F3N2O4S. The van der Waals surface area contributed by atoms with E-state index < -0.39 is 28.5 Å². The van der Waals surface area contributed by atoms with Gasteiger partial charge in [0.1, 0.15) is 6.04 Å². The molecule has 0 aromatic carbocycles. The minimum absolute atomic E-state index is 0.183. The van der Waals surface area contributed by atoms with Crippen molar-refractivity contribution in [2.75, 3.05) is 0 Å². The minimum atomic E-state index is -4.68. The maximum absolute atomic E-state index is 12.3. The highest BCUT2D eigenvalue weighted by Gasteiger charge is 2.39. The van der Waals surface area contributed by atoms with Crippen LogP contribution in [0.1, 0.15) is 20.1 Å². The zero-order valence-electron chi connectivity index (χ0n) is 10.6. The van der Waals surface area contributed by atoms with Gasteiger partial charge in [-0.3, -0.25) is 4.79 Å². The summed E-state index contributed by atoms with van der Waals surface area (Å²) in [6.45, 7) is 2.35. The number of sulfonamides is 1. The third kappa shape index (κ3) is 3.97. The van der Waals surface area contributed by atoms with Crippen LogP contribution in [-0.4, -0.2) is 31.7 Å². The van der Waals surface area contributed by atoms with E-state index in [0.717, 1.165) is 12.3 Å². The summed E-state index contributed by atoms with van der Waals surface area (Å²) >= 11 is 0. The molecule has 1 unspecified atom stereocenters. The molecule has 2 atom stereocenters. The van der Waals surface area contributed by atoms with Crippen molar-refractivity contribution in [1.29, 1.82) is 0 Å². The summed E-state index contributed by atoms with van der Waals surface area (Å²) in [6, 6.07) is -1.10. The molecule has 0 saturated heterocycles. The van der Waals surface area contributed by atoms with E-state index in [9.17, 15) is 26.4 Å². The Morgan fingerprint density at radius 1 is 1.40 bits per heavy atom. The van der Waals surface area contributed by atoms with E-state index in [1.165, 1.54) is 22.4 Å². The van der Waals surface area contributed by atoms with E-state index in [1.54, 1.807) is 0 Å². The number of nitrogens with one attached hydrogen (secondary N) is 1. The molecule has 0 bridgehead atoms. The summed E-state index contributed by atoms with van der Waals surface area (Å²) in [5.41, 5.74) is 0. The number of aromatic nitrogens is 1. The second-order valence-corrected chi connectivity index (χ2v) is 5.72. The molecule has 6 nitrogen and oxygen atoms in total. The van der Waals surface area contributed by atoms with Crippen LogP contribution in [-0.2, 0) is 19.6 Å². The summed E-state index contributed by atoms with van der Waals surface area (Å²) < 4.78 is 67.8. The van der Waals surface area contributed by atoms with Gasteiger partial charge in [0.25, 0.3) is 6.47 Å². The van der Waals surface area contributed by atoms with Gasteiger partial charge in [0.15, 0.2) is 6.23 Å². The van der Waals surface area contributed by atoms with Crippen LogP contribution in [0.25, 0.3) is 0 Å². The molecule has 1 heterocycles. The monoisotopic (exact) mass is 314 g/mol. The molecule has 10 heteroatoms. The predicted molar refractivity (Wildman–Crippen MR) is 62.1 cm³/mol. The lowest BCUT2D eigenvalue weighted by atomic mass is 10.4. The normalized spacial score (nSPS) is 15.7.